The lowest BCUT2D eigenvalue weighted by atomic mass is 10.0. The highest BCUT2D eigenvalue weighted by molar-refractivity contribution is 9.09. The van der Waals surface area contributed by atoms with Crippen LogP contribution in [0.1, 0.15) is 142 Å². The molecule has 29 heavy (non-hydrogen) atoms. The van der Waals surface area contributed by atoms with E-state index in [1.54, 1.807) is 0 Å². The van der Waals surface area contributed by atoms with Crippen molar-refractivity contribution in [2.24, 2.45) is 0 Å². The maximum absolute atomic E-state index is 10.9. The molecule has 0 aromatic heterocycles. The number of halogens is 1. The maximum Gasteiger partial charge on any atom is 0.506 e. The standard InChI is InChI=1S/C25H49BrO3/c1-2-3-4-5-15-18-21-24(29-25(27)28)22-19-16-13-11-9-7-6-8-10-12-14-17-20-23-26/h24H,2-23H2,1H3,(H,27,28). The summed E-state index contributed by atoms with van der Waals surface area (Å²) in [6.07, 6.45) is 25.4. The van der Waals surface area contributed by atoms with Crippen LogP contribution in [0.4, 0.5) is 4.79 Å². The third-order valence-electron chi connectivity index (χ3n) is 5.81. The first-order chi connectivity index (χ1) is 14.2. The Hall–Kier alpha value is -0.250. The quantitative estimate of drug-likeness (QED) is 0.0905. The van der Waals surface area contributed by atoms with E-state index in [1.165, 1.54) is 109 Å². The molecule has 0 aliphatic rings. The van der Waals surface area contributed by atoms with Gasteiger partial charge in [-0.1, -0.05) is 126 Å². The Morgan fingerprint density at radius 3 is 1.34 bits per heavy atom. The predicted octanol–water partition coefficient (Wildman–Crippen LogP) is 9.66. The number of rotatable bonds is 23. The molecule has 1 N–H and O–H groups in total. The second-order valence-electron chi connectivity index (χ2n) is 8.64. The molecule has 0 fully saturated rings. The molecular formula is C25H49BrO3. The molecule has 1 atom stereocenters. The lowest BCUT2D eigenvalue weighted by molar-refractivity contribution is 0.0422. The summed E-state index contributed by atoms with van der Waals surface area (Å²) in [7, 11) is 0. The van der Waals surface area contributed by atoms with Crippen LogP contribution in [0.3, 0.4) is 0 Å². The minimum Gasteiger partial charge on any atom is -0.450 e. The number of unbranched alkanes of at least 4 members (excludes halogenated alkanes) is 17. The average Bonchev–Trinajstić information content (AvgIpc) is 2.70. The number of alkyl halides is 1. The molecule has 0 bridgehead atoms. The van der Waals surface area contributed by atoms with Crippen LogP contribution >= 0.6 is 15.9 Å². The SMILES string of the molecule is CCCCCCCCC(CCCCCCCCCCCCCCCBr)OC(=O)O. The van der Waals surface area contributed by atoms with Gasteiger partial charge in [0.15, 0.2) is 0 Å². The number of ether oxygens (including phenoxy) is 1. The van der Waals surface area contributed by atoms with Gasteiger partial charge in [0.05, 0.1) is 0 Å². The minimum absolute atomic E-state index is 0.0896. The summed E-state index contributed by atoms with van der Waals surface area (Å²) in [5.74, 6) is 0. The van der Waals surface area contributed by atoms with E-state index in [9.17, 15) is 4.79 Å². The molecule has 0 saturated heterocycles. The zero-order valence-electron chi connectivity index (χ0n) is 19.3. The van der Waals surface area contributed by atoms with E-state index in [0.29, 0.717) is 0 Å². The molecule has 1 unspecified atom stereocenters. The Bertz CT molecular complexity index is 336. The Morgan fingerprint density at radius 2 is 1.00 bits per heavy atom. The molecule has 174 valence electrons. The van der Waals surface area contributed by atoms with Crippen molar-refractivity contribution in [2.75, 3.05) is 5.33 Å². The highest BCUT2D eigenvalue weighted by Crippen LogP contribution is 2.17. The molecule has 3 nitrogen and oxygen atoms in total. The monoisotopic (exact) mass is 476 g/mol. The first-order valence-electron chi connectivity index (χ1n) is 12.7. The molecule has 0 saturated carbocycles. The van der Waals surface area contributed by atoms with Gasteiger partial charge in [-0.15, -0.1) is 0 Å². The fourth-order valence-corrected chi connectivity index (χ4v) is 4.36. The van der Waals surface area contributed by atoms with Crippen molar-refractivity contribution < 1.29 is 14.6 Å². The van der Waals surface area contributed by atoms with Crippen LogP contribution in [0.15, 0.2) is 0 Å². The van der Waals surface area contributed by atoms with E-state index < -0.39 is 6.16 Å². The number of carbonyl (C=O) groups is 1. The summed E-state index contributed by atoms with van der Waals surface area (Å²) in [5.41, 5.74) is 0. The molecular weight excluding hydrogens is 428 g/mol. The molecule has 0 aromatic carbocycles. The van der Waals surface area contributed by atoms with Gasteiger partial charge in [-0.25, -0.2) is 4.79 Å². The van der Waals surface area contributed by atoms with Gasteiger partial charge in [0.1, 0.15) is 6.10 Å². The zero-order chi connectivity index (χ0) is 21.4. The van der Waals surface area contributed by atoms with Gasteiger partial charge in [0.25, 0.3) is 0 Å². The first-order valence-corrected chi connectivity index (χ1v) is 13.8. The summed E-state index contributed by atoms with van der Waals surface area (Å²) in [4.78, 5) is 10.9. The van der Waals surface area contributed by atoms with Crippen molar-refractivity contribution >= 4 is 22.1 Å². The van der Waals surface area contributed by atoms with Gasteiger partial charge in [0.2, 0.25) is 0 Å². The van der Waals surface area contributed by atoms with E-state index in [4.69, 9.17) is 9.84 Å². The largest absolute Gasteiger partial charge is 0.506 e. The lowest BCUT2D eigenvalue weighted by Crippen LogP contribution is -2.16. The first kappa shape index (κ1) is 28.8. The van der Waals surface area contributed by atoms with Crippen molar-refractivity contribution in [2.45, 2.75) is 148 Å². The van der Waals surface area contributed by atoms with Crippen molar-refractivity contribution in [3.8, 4) is 0 Å². The summed E-state index contributed by atoms with van der Waals surface area (Å²) < 4.78 is 5.11. The van der Waals surface area contributed by atoms with Crippen molar-refractivity contribution in [3.63, 3.8) is 0 Å². The van der Waals surface area contributed by atoms with Gasteiger partial charge in [-0.3, -0.25) is 0 Å². The van der Waals surface area contributed by atoms with E-state index >= 15 is 0 Å². The third kappa shape index (κ3) is 23.9. The van der Waals surface area contributed by atoms with E-state index in [0.717, 1.165) is 31.0 Å². The van der Waals surface area contributed by atoms with Crippen molar-refractivity contribution in [1.29, 1.82) is 0 Å². The highest BCUT2D eigenvalue weighted by Gasteiger charge is 2.13. The van der Waals surface area contributed by atoms with Crippen molar-refractivity contribution in [3.05, 3.63) is 0 Å². The molecule has 0 aliphatic heterocycles. The van der Waals surface area contributed by atoms with Gasteiger partial charge in [-0.05, 0) is 32.1 Å². The fourth-order valence-electron chi connectivity index (χ4n) is 3.97. The van der Waals surface area contributed by atoms with Crippen LogP contribution in [-0.2, 0) is 4.74 Å². The molecule has 0 aromatic rings. The van der Waals surface area contributed by atoms with E-state index in [2.05, 4.69) is 22.9 Å². The second kappa shape index (κ2) is 24.0. The molecule has 0 heterocycles. The van der Waals surface area contributed by atoms with Gasteiger partial charge in [-0.2, -0.15) is 0 Å². The van der Waals surface area contributed by atoms with Gasteiger partial charge < -0.3 is 9.84 Å². The lowest BCUT2D eigenvalue weighted by Gasteiger charge is -2.15. The molecule has 0 rings (SSSR count). The Morgan fingerprint density at radius 1 is 0.655 bits per heavy atom. The minimum atomic E-state index is -1.11. The van der Waals surface area contributed by atoms with Gasteiger partial charge in [0, 0.05) is 5.33 Å². The maximum atomic E-state index is 10.9. The number of carboxylic acid groups (broad SMARTS) is 1. The summed E-state index contributed by atoms with van der Waals surface area (Å²) in [5, 5.41) is 10.1. The molecule has 0 amide bonds. The zero-order valence-corrected chi connectivity index (χ0v) is 20.9. The van der Waals surface area contributed by atoms with Crippen LogP contribution in [0.25, 0.3) is 0 Å². The molecule has 0 aliphatic carbocycles. The molecule has 4 heteroatoms. The van der Waals surface area contributed by atoms with Crippen LogP contribution < -0.4 is 0 Å². The summed E-state index contributed by atoms with van der Waals surface area (Å²) in [6.45, 7) is 2.23. The van der Waals surface area contributed by atoms with Gasteiger partial charge >= 0.3 is 6.16 Å². The fraction of sp³-hybridized carbons (Fsp3) is 0.960. The Kier molecular flexibility index (Phi) is 23.8. The Balaban J connectivity index is 3.47. The smallest absolute Gasteiger partial charge is 0.450 e. The van der Waals surface area contributed by atoms with Crippen LogP contribution in [0.2, 0.25) is 0 Å². The van der Waals surface area contributed by atoms with Crippen LogP contribution in [-0.4, -0.2) is 22.7 Å². The van der Waals surface area contributed by atoms with Crippen molar-refractivity contribution in [1.82, 2.24) is 0 Å². The normalized spacial score (nSPS) is 12.2. The summed E-state index contributed by atoms with van der Waals surface area (Å²) >= 11 is 3.49. The van der Waals surface area contributed by atoms with Crippen LogP contribution in [0.5, 0.6) is 0 Å². The Labute approximate surface area is 189 Å². The molecule has 0 radical (unpaired) electrons. The topological polar surface area (TPSA) is 46.5 Å². The van der Waals surface area contributed by atoms with E-state index in [1.807, 2.05) is 0 Å². The predicted molar refractivity (Wildman–Crippen MR) is 129 cm³/mol. The van der Waals surface area contributed by atoms with E-state index in [-0.39, 0.29) is 6.10 Å². The second-order valence-corrected chi connectivity index (χ2v) is 9.43. The van der Waals surface area contributed by atoms with Crippen LogP contribution in [0, 0.1) is 0 Å². The number of hydrogen-bond acceptors (Lipinski definition) is 2. The average molecular weight is 478 g/mol. The molecule has 0 spiro atoms. The summed E-state index contributed by atoms with van der Waals surface area (Å²) in [6, 6.07) is 0. The number of hydrogen-bond donors (Lipinski definition) is 1. The highest BCUT2D eigenvalue weighted by atomic mass is 79.9. The third-order valence-corrected chi connectivity index (χ3v) is 6.37.